The minimum Gasteiger partial charge on any atom is -0.368 e. The molecular formula is C10H23N2O4P. The highest BCUT2D eigenvalue weighted by molar-refractivity contribution is 7.51. The number of carbonyl (C=O) groups excluding carboxylic acids is 1. The van der Waals surface area contributed by atoms with Gasteiger partial charge in [-0.2, -0.15) is 0 Å². The molecule has 102 valence electrons. The molecule has 0 spiro atoms. The van der Waals surface area contributed by atoms with Crippen LogP contribution in [0.25, 0.3) is 0 Å². The summed E-state index contributed by atoms with van der Waals surface area (Å²) in [6.45, 7) is 7.77. The summed E-state index contributed by atoms with van der Waals surface area (Å²) >= 11 is 0. The van der Waals surface area contributed by atoms with Gasteiger partial charge in [0, 0.05) is 0 Å². The Labute approximate surface area is 103 Å². The van der Waals surface area contributed by atoms with Crippen LogP contribution in [0, 0.1) is 5.92 Å². The molecule has 0 aromatic carbocycles. The van der Waals surface area contributed by atoms with Crippen LogP contribution in [-0.2, 0) is 18.4 Å². The lowest BCUT2D eigenvalue weighted by molar-refractivity contribution is -0.120. The predicted molar refractivity (Wildman–Crippen MR) is 66.4 cm³/mol. The number of rotatable bonds is 9. The van der Waals surface area contributed by atoms with Crippen molar-refractivity contribution in [3.05, 3.63) is 0 Å². The maximum absolute atomic E-state index is 12.1. The molecule has 0 heterocycles. The minimum atomic E-state index is -3.44. The summed E-state index contributed by atoms with van der Waals surface area (Å²) in [6.07, 6.45) is 0.486. The normalized spacial score (nSPS) is 13.9. The topological polar surface area (TPSA) is 90.6 Å². The van der Waals surface area contributed by atoms with Gasteiger partial charge < -0.3 is 5.73 Å². The van der Waals surface area contributed by atoms with Crippen LogP contribution in [0.3, 0.4) is 0 Å². The van der Waals surface area contributed by atoms with Crippen molar-refractivity contribution in [1.29, 1.82) is 0 Å². The number of nitrogens with one attached hydrogen (secondary N) is 1. The molecule has 0 aromatic rings. The summed E-state index contributed by atoms with van der Waals surface area (Å²) in [7, 11) is -3.44. The van der Waals surface area contributed by atoms with Gasteiger partial charge in [0.1, 0.15) is 0 Å². The van der Waals surface area contributed by atoms with Crippen LogP contribution < -0.4 is 10.8 Å². The molecule has 7 heteroatoms. The highest BCUT2D eigenvalue weighted by atomic mass is 31.2. The van der Waals surface area contributed by atoms with E-state index < -0.39 is 19.7 Å². The summed E-state index contributed by atoms with van der Waals surface area (Å²) in [5.74, 6) is -0.310. The van der Waals surface area contributed by atoms with Gasteiger partial charge in [0.05, 0.1) is 19.3 Å². The van der Waals surface area contributed by atoms with Crippen molar-refractivity contribution >= 4 is 13.7 Å². The first-order valence-corrected chi connectivity index (χ1v) is 7.35. The van der Waals surface area contributed by atoms with Crippen molar-refractivity contribution in [1.82, 2.24) is 5.09 Å². The third kappa shape index (κ3) is 6.78. The van der Waals surface area contributed by atoms with Gasteiger partial charge >= 0.3 is 7.75 Å². The van der Waals surface area contributed by atoms with E-state index in [4.69, 9.17) is 14.8 Å². The lowest BCUT2D eigenvalue weighted by atomic mass is 10.0. The second-order valence-corrected chi connectivity index (χ2v) is 5.82. The van der Waals surface area contributed by atoms with E-state index in [0.29, 0.717) is 6.42 Å². The first kappa shape index (κ1) is 16.6. The molecule has 6 nitrogen and oxygen atoms in total. The Hall–Kier alpha value is -0.420. The van der Waals surface area contributed by atoms with E-state index >= 15 is 0 Å². The Bertz CT molecular complexity index is 273. The van der Waals surface area contributed by atoms with Crippen LogP contribution >= 0.6 is 7.75 Å². The molecule has 0 aliphatic heterocycles. The average molecular weight is 266 g/mol. The number of hydrogen-bond acceptors (Lipinski definition) is 4. The molecule has 0 fully saturated rings. The van der Waals surface area contributed by atoms with Gasteiger partial charge in [-0.1, -0.05) is 13.8 Å². The fraction of sp³-hybridized carbons (Fsp3) is 0.900. The Morgan fingerprint density at radius 2 is 1.76 bits per heavy atom. The molecule has 0 aliphatic carbocycles. The van der Waals surface area contributed by atoms with Gasteiger partial charge in [-0.15, -0.1) is 0 Å². The molecule has 0 radical (unpaired) electrons. The Morgan fingerprint density at radius 3 is 2.06 bits per heavy atom. The van der Waals surface area contributed by atoms with Gasteiger partial charge in [0.15, 0.2) is 0 Å². The van der Waals surface area contributed by atoms with E-state index in [9.17, 15) is 9.36 Å². The zero-order valence-corrected chi connectivity index (χ0v) is 11.8. The number of nitrogens with two attached hydrogens (primary N) is 1. The largest absolute Gasteiger partial charge is 0.406 e. The Kier molecular flexibility index (Phi) is 7.63. The lowest BCUT2D eigenvalue weighted by Crippen LogP contribution is -2.41. The third-order valence-electron chi connectivity index (χ3n) is 1.96. The van der Waals surface area contributed by atoms with Gasteiger partial charge in [-0.3, -0.25) is 13.8 Å². The summed E-state index contributed by atoms with van der Waals surface area (Å²) < 4.78 is 22.2. The molecule has 0 saturated carbocycles. The van der Waals surface area contributed by atoms with Crippen LogP contribution in [-0.4, -0.2) is 25.2 Å². The second-order valence-electron chi connectivity index (χ2n) is 4.05. The zero-order chi connectivity index (χ0) is 13.5. The van der Waals surface area contributed by atoms with Crippen LogP contribution in [0.15, 0.2) is 0 Å². The van der Waals surface area contributed by atoms with Crippen LogP contribution in [0.4, 0.5) is 0 Å². The average Bonchev–Trinajstić information content (AvgIpc) is 2.16. The number of hydrogen-bond donors (Lipinski definition) is 2. The van der Waals surface area contributed by atoms with Crippen molar-refractivity contribution in [2.24, 2.45) is 11.7 Å². The zero-order valence-electron chi connectivity index (χ0n) is 10.9. The molecule has 0 bridgehead atoms. The summed E-state index contributed by atoms with van der Waals surface area (Å²) in [5, 5.41) is 2.60. The molecule has 1 amide bonds. The molecule has 17 heavy (non-hydrogen) atoms. The van der Waals surface area contributed by atoms with Crippen molar-refractivity contribution in [2.45, 2.75) is 40.2 Å². The van der Waals surface area contributed by atoms with E-state index in [-0.39, 0.29) is 19.1 Å². The molecule has 3 N–H and O–H groups in total. The number of carbonyl (C=O) groups is 1. The second kappa shape index (κ2) is 7.82. The predicted octanol–water partition coefficient (Wildman–Crippen LogP) is 1.66. The maximum atomic E-state index is 12.1. The highest BCUT2D eigenvalue weighted by Gasteiger charge is 2.30. The van der Waals surface area contributed by atoms with E-state index in [1.807, 2.05) is 13.8 Å². The first-order valence-electron chi connectivity index (χ1n) is 5.80. The minimum absolute atomic E-state index is 0.234. The summed E-state index contributed by atoms with van der Waals surface area (Å²) in [4.78, 5) is 11.2. The maximum Gasteiger partial charge on any atom is 0.406 e. The molecule has 0 rings (SSSR count). The van der Waals surface area contributed by atoms with Crippen LogP contribution in [0.5, 0.6) is 0 Å². The van der Waals surface area contributed by atoms with Crippen LogP contribution in [0.1, 0.15) is 34.1 Å². The SMILES string of the molecule is CCOP(=O)(N[C@@H](CC(C)C)C(N)=O)OCC. The molecular weight excluding hydrogens is 243 g/mol. The fourth-order valence-corrected chi connectivity index (χ4v) is 2.86. The number of amides is 1. The van der Waals surface area contributed by atoms with Crippen molar-refractivity contribution in [3.8, 4) is 0 Å². The van der Waals surface area contributed by atoms with E-state index in [1.54, 1.807) is 13.8 Å². The molecule has 0 unspecified atom stereocenters. The van der Waals surface area contributed by atoms with Gasteiger partial charge in [-0.25, -0.2) is 9.65 Å². The lowest BCUT2D eigenvalue weighted by Gasteiger charge is -2.23. The molecule has 0 aliphatic rings. The monoisotopic (exact) mass is 266 g/mol. The van der Waals surface area contributed by atoms with Gasteiger partial charge in [0.2, 0.25) is 5.91 Å². The van der Waals surface area contributed by atoms with Crippen LogP contribution in [0.2, 0.25) is 0 Å². The fourth-order valence-electron chi connectivity index (χ4n) is 1.35. The van der Waals surface area contributed by atoms with E-state index in [1.165, 1.54) is 0 Å². The van der Waals surface area contributed by atoms with Gasteiger partial charge in [0.25, 0.3) is 0 Å². The van der Waals surface area contributed by atoms with Gasteiger partial charge in [-0.05, 0) is 26.2 Å². The first-order chi connectivity index (χ1) is 7.84. The molecule has 1 atom stereocenters. The van der Waals surface area contributed by atoms with E-state index in [2.05, 4.69) is 5.09 Å². The summed E-state index contributed by atoms with van der Waals surface area (Å²) in [5.41, 5.74) is 5.25. The summed E-state index contributed by atoms with van der Waals surface area (Å²) in [6, 6.07) is -0.709. The standard InChI is InChI=1S/C10H23N2O4P/c1-5-15-17(14,16-6-2)12-9(10(11)13)7-8(3)4/h8-9H,5-7H2,1-4H3,(H2,11,13)(H,12,14)/t9-/m0/s1. The van der Waals surface area contributed by atoms with E-state index in [0.717, 1.165) is 0 Å². The Morgan fingerprint density at radius 1 is 1.29 bits per heavy atom. The Balaban J connectivity index is 4.67. The molecule has 0 saturated heterocycles. The smallest absolute Gasteiger partial charge is 0.368 e. The molecule has 0 aromatic heterocycles. The van der Waals surface area contributed by atoms with Crippen molar-refractivity contribution in [3.63, 3.8) is 0 Å². The van der Waals surface area contributed by atoms with Crippen molar-refractivity contribution in [2.75, 3.05) is 13.2 Å². The highest BCUT2D eigenvalue weighted by Crippen LogP contribution is 2.44. The number of primary amides is 1. The quantitative estimate of drug-likeness (QED) is 0.619. The third-order valence-corrected chi connectivity index (χ3v) is 3.79. The van der Waals surface area contributed by atoms with Crippen molar-refractivity contribution < 1.29 is 18.4 Å².